The highest BCUT2D eigenvalue weighted by molar-refractivity contribution is 5.29. The molecule has 1 unspecified atom stereocenters. The Bertz CT molecular complexity index is 547. The minimum atomic E-state index is -0.00697. The number of aliphatic hydroxyl groups excluding tert-OH is 1. The van der Waals surface area contributed by atoms with Crippen LogP contribution in [0.15, 0.2) is 41.0 Å². The molecule has 4 heteroatoms. The van der Waals surface area contributed by atoms with E-state index in [-0.39, 0.29) is 12.7 Å². The fraction of sp³-hybridized carbons (Fsp3) is 0.333. The van der Waals surface area contributed by atoms with Crippen LogP contribution in [0, 0.1) is 0 Å². The summed E-state index contributed by atoms with van der Waals surface area (Å²) in [5, 5.41) is 9.03. The molecule has 2 heterocycles. The SMILES string of the molecule is CN1Cc2occc2C(Oc2ccc(CO)cc2)C1. The Labute approximate surface area is 112 Å². The van der Waals surface area contributed by atoms with Gasteiger partial charge in [0, 0.05) is 12.1 Å². The van der Waals surface area contributed by atoms with E-state index in [2.05, 4.69) is 11.9 Å². The summed E-state index contributed by atoms with van der Waals surface area (Å²) in [5.74, 6) is 1.79. The molecule has 3 rings (SSSR count). The highest BCUT2D eigenvalue weighted by Gasteiger charge is 2.27. The number of nitrogens with zero attached hydrogens (tertiary/aromatic N) is 1. The number of rotatable bonds is 3. The molecule has 0 fully saturated rings. The van der Waals surface area contributed by atoms with Crippen molar-refractivity contribution in [3.8, 4) is 5.75 Å². The third-order valence-corrected chi connectivity index (χ3v) is 3.40. The molecule has 2 aromatic rings. The van der Waals surface area contributed by atoms with Crippen LogP contribution in [0.25, 0.3) is 0 Å². The lowest BCUT2D eigenvalue weighted by atomic mass is 10.1. The van der Waals surface area contributed by atoms with Crippen LogP contribution in [0.2, 0.25) is 0 Å². The van der Waals surface area contributed by atoms with Crippen molar-refractivity contribution in [2.24, 2.45) is 0 Å². The molecule has 1 aliphatic heterocycles. The lowest BCUT2D eigenvalue weighted by molar-refractivity contribution is 0.120. The largest absolute Gasteiger partial charge is 0.484 e. The highest BCUT2D eigenvalue weighted by atomic mass is 16.5. The van der Waals surface area contributed by atoms with Crippen LogP contribution < -0.4 is 4.74 Å². The molecule has 1 aliphatic rings. The summed E-state index contributed by atoms with van der Waals surface area (Å²) >= 11 is 0. The Morgan fingerprint density at radius 1 is 1.32 bits per heavy atom. The van der Waals surface area contributed by atoms with E-state index in [0.29, 0.717) is 0 Å². The Balaban J connectivity index is 1.79. The summed E-state index contributed by atoms with van der Waals surface area (Å²) in [6, 6.07) is 9.51. The van der Waals surface area contributed by atoms with E-state index in [4.69, 9.17) is 14.3 Å². The third-order valence-electron chi connectivity index (χ3n) is 3.40. The second kappa shape index (κ2) is 5.07. The number of aliphatic hydroxyl groups is 1. The molecule has 4 nitrogen and oxygen atoms in total. The third kappa shape index (κ3) is 2.50. The first-order valence-corrected chi connectivity index (χ1v) is 6.37. The fourth-order valence-corrected chi connectivity index (χ4v) is 2.40. The molecule has 1 atom stereocenters. The van der Waals surface area contributed by atoms with Gasteiger partial charge < -0.3 is 14.3 Å². The second-order valence-corrected chi connectivity index (χ2v) is 4.90. The van der Waals surface area contributed by atoms with Gasteiger partial charge in [0.1, 0.15) is 17.6 Å². The molecule has 19 heavy (non-hydrogen) atoms. The van der Waals surface area contributed by atoms with E-state index in [1.165, 1.54) is 0 Å². The van der Waals surface area contributed by atoms with Gasteiger partial charge in [0.15, 0.2) is 0 Å². The van der Waals surface area contributed by atoms with Crippen LogP contribution in [0.4, 0.5) is 0 Å². The van der Waals surface area contributed by atoms with Gasteiger partial charge in [-0.25, -0.2) is 0 Å². The Morgan fingerprint density at radius 3 is 2.84 bits per heavy atom. The van der Waals surface area contributed by atoms with Crippen molar-refractivity contribution in [3.63, 3.8) is 0 Å². The molecular weight excluding hydrogens is 242 g/mol. The number of hydrogen-bond acceptors (Lipinski definition) is 4. The Hall–Kier alpha value is -1.78. The van der Waals surface area contributed by atoms with Crippen LogP contribution in [-0.4, -0.2) is 23.6 Å². The average Bonchev–Trinajstić information content (AvgIpc) is 2.88. The molecule has 1 N–H and O–H groups in total. The van der Waals surface area contributed by atoms with Crippen molar-refractivity contribution < 1.29 is 14.3 Å². The van der Waals surface area contributed by atoms with Crippen molar-refractivity contribution in [1.29, 1.82) is 0 Å². The summed E-state index contributed by atoms with van der Waals surface area (Å²) in [7, 11) is 2.05. The summed E-state index contributed by atoms with van der Waals surface area (Å²) < 4.78 is 11.5. The van der Waals surface area contributed by atoms with Crippen LogP contribution in [0.3, 0.4) is 0 Å². The van der Waals surface area contributed by atoms with E-state index in [0.717, 1.165) is 35.7 Å². The van der Waals surface area contributed by atoms with Crippen LogP contribution in [0.5, 0.6) is 5.75 Å². The minimum absolute atomic E-state index is 0.00697. The van der Waals surface area contributed by atoms with E-state index < -0.39 is 0 Å². The molecule has 0 saturated heterocycles. The highest BCUT2D eigenvalue weighted by Crippen LogP contribution is 2.30. The summed E-state index contributed by atoms with van der Waals surface area (Å²) in [6.45, 7) is 1.72. The summed E-state index contributed by atoms with van der Waals surface area (Å²) in [5.41, 5.74) is 2.02. The van der Waals surface area contributed by atoms with Crippen LogP contribution in [-0.2, 0) is 13.2 Å². The Morgan fingerprint density at radius 2 is 2.11 bits per heavy atom. The standard InChI is InChI=1S/C15H17NO3/c1-16-8-14-13(6-7-18-14)15(9-16)19-12-4-2-11(10-17)3-5-12/h2-7,15,17H,8-10H2,1H3. The fourth-order valence-electron chi connectivity index (χ4n) is 2.40. The van der Waals surface area contributed by atoms with Crippen molar-refractivity contribution in [3.05, 3.63) is 53.5 Å². The van der Waals surface area contributed by atoms with Gasteiger partial charge in [0.05, 0.1) is 19.4 Å². The zero-order chi connectivity index (χ0) is 13.2. The van der Waals surface area contributed by atoms with Gasteiger partial charge in [0.25, 0.3) is 0 Å². The molecule has 1 aromatic carbocycles. The van der Waals surface area contributed by atoms with E-state index >= 15 is 0 Å². The molecule has 0 amide bonds. The molecule has 0 spiro atoms. The van der Waals surface area contributed by atoms with Crippen molar-refractivity contribution in [1.82, 2.24) is 4.90 Å². The van der Waals surface area contributed by atoms with Gasteiger partial charge in [-0.1, -0.05) is 12.1 Å². The van der Waals surface area contributed by atoms with Gasteiger partial charge in [-0.05, 0) is 30.8 Å². The number of ether oxygens (including phenoxy) is 1. The summed E-state index contributed by atoms with van der Waals surface area (Å²) in [4.78, 5) is 2.18. The van der Waals surface area contributed by atoms with Crippen molar-refractivity contribution in [2.75, 3.05) is 13.6 Å². The smallest absolute Gasteiger partial charge is 0.140 e. The quantitative estimate of drug-likeness (QED) is 0.919. The van der Waals surface area contributed by atoms with Gasteiger partial charge in [-0.15, -0.1) is 0 Å². The first-order chi connectivity index (χ1) is 9.26. The monoisotopic (exact) mass is 259 g/mol. The predicted molar refractivity (Wildman–Crippen MR) is 70.8 cm³/mol. The van der Waals surface area contributed by atoms with Gasteiger partial charge in [-0.3, -0.25) is 4.90 Å². The maximum Gasteiger partial charge on any atom is 0.140 e. The predicted octanol–water partition coefficient (Wildman–Crippen LogP) is 2.34. The molecular formula is C15H17NO3. The molecule has 0 saturated carbocycles. The van der Waals surface area contributed by atoms with Crippen molar-refractivity contribution in [2.45, 2.75) is 19.3 Å². The topological polar surface area (TPSA) is 45.8 Å². The van der Waals surface area contributed by atoms with Gasteiger partial charge in [0.2, 0.25) is 0 Å². The average molecular weight is 259 g/mol. The molecule has 0 aliphatic carbocycles. The molecule has 0 bridgehead atoms. The van der Waals surface area contributed by atoms with Gasteiger partial charge in [-0.2, -0.15) is 0 Å². The number of fused-ring (bicyclic) bond motifs is 1. The zero-order valence-electron chi connectivity index (χ0n) is 10.9. The molecule has 100 valence electrons. The second-order valence-electron chi connectivity index (χ2n) is 4.90. The number of hydrogen-bond donors (Lipinski definition) is 1. The zero-order valence-corrected chi connectivity index (χ0v) is 10.9. The first kappa shape index (κ1) is 12.3. The van der Waals surface area contributed by atoms with E-state index in [9.17, 15) is 0 Å². The maximum absolute atomic E-state index is 9.03. The van der Waals surface area contributed by atoms with Gasteiger partial charge >= 0.3 is 0 Å². The normalized spacial score (nSPS) is 19.2. The van der Waals surface area contributed by atoms with E-state index in [1.54, 1.807) is 6.26 Å². The number of likely N-dealkylation sites (N-methyl/N-ethyl adjacent to an activating group) is 1. The maximum atomic E-state index is 9.03. The number of benzene rings is 1. The summed E-state index contributed by atoms with van der Waals surface area (Å²) in [6.07, 6.45) is 1.71. The molecule has 1 aromatic heterocycles. The molecule has 0 radical (unpaired) electrons. The van der Waals surface area contributed by atoms with Crippen molar-refractivity contribution >= 4 is 0 Å². The lowest BCUT2D eigenvalue weighted by Gasteiger charge is -2.29. The lowest BCUT2D eigenvalue weighted by Crippen LogP contribution is -2.32. The first-order valence-electron chi connectivity index (χ1n) is 6.37. The van der Waals surface area contributed by atoms with E-state index in [1.807, 2.05) is 30.3 Å². The minimum Gasteiger partial charge on any atom is -0.484 e. The number of furan rings is 1. The van der Waals surface area contributed by atoms with Crippen LogP contribution in [0.1, 0.15) is 23.0 Å². The Kier molecular flexibility index (Phi) is 3.27. The van der Waals surface area contributed by atoms with Crippen LogP contribution >= 0.6 is 0 Å².